The second kappa shape index (κ2) is 6.51. The minimum Gasteiger partial charge on any atom is -0.484 e. The van der Waals surface area contributed by atoms with Crippen molar-refractivity contribution in [3.8, 4) is 11.8 Å². The standard InChI is InChI=1S/C12H15N3O2/c1-9(14)10-2-4-11(5-3-10)17-8-12(16)15-7-6-13/h2-5,9H,7-8,14H2,1H3,(H,15,16). The highest BCUT2D eigenvalue weighted by molar-refractivity contribution is 5.77. The van der Waals surface area contributed by atoms with Gasteiger partial charge in [-0.2, -0.15) is 5.26 Å². The summed E-state index contributed by atoms with van der Waals surface area (Å²) in [5, 5.41) is 10.7. The number of benzene rings is 1. The van der Waals surface area contributed by atoms with Crippen LogP contribution >= 0.6 is 0 Å². The quantitative estimate of drug-likeness (QED) is 0.734. The molecule has 90 valence electrons. The predicted molar refractivity (Wildman–Crippen MR) is 63.2 cm³/mol. The molecular weight excluding hydrogens is 218 g/mol. The number of nitrogens with one attached hydrogen (secondary N) is 1. The van der Waals surface area contributed by atoms with Gasteiger partial charge in [0.05, 0.1) is 6.07 Å². The Bertz CT molecular complexity index is 407. The fourth-order valence-electron chi connectivity index (χ4n) is 1.21. The maximum atomic E-state index is 11.1. The first-order valence-corrected chi connectivity index (χ1v) is 5.25. The van der Waals surface area contributed by atoms with Crippen LogP contribution in [0.15, 0.2) is 24.3 Å². The highest BCUT2D eigenvalue weighted by Gasteiger charge is 2.03. The van der Waals surface area contributed by atoms with E-state index in [0.29, 0.717) is 5.75 Å². The fraction of sp³-hybridized carbons (Fsp3) is 0.333. The van der Waals surface area contributed by atoms with E-state index in [9.17, 15) is 4.79 Å². The molecule has 1 unspecified atom stereocenters. The molecule has 1 aromatic carbocycles. The van der Waals surface area contributed by atoms with Gasteiger partial charge >= 0.3 is 0 Å². The van der Waals surface area contributed by atoms with Crippen molar-refractivity contribution >= 4 is 5.91 Å². The van der Waals surface area contributed by atoms with Crippen molar-refractivity contribution in [2.24, 2.45) is 5.73 Å². The average molecular weight is 233 g/mol. The van der Waals surface area contributed by atoms with Gasteiger partial charge in [0.2, 0.25) is 0 Å². The lowest BCUT2D eigenvalue weighted by molar-refractivity contribution is -0.122. The number of nitrogens with zero attached hydrogens (tertiary/aromatic N) is 1. The summed E-state index contributed by atoms with van der Waals surface area (Å²) in [6.07, 6.45) is 0. The highest BCUT2D eigenvalue weighted by Crippen LogP contribution is 2.15. The van der Waals surface area contributed by atoms with Gasteiger partial charge in [-0.3, -0.25) is 4.79 Å². The van der Waals surface area contributed by atoms with E-state index in [4.69, 9.17) is 15.7 Å². The molecule has 5 heteroatoms. The molecule has 0 aromatic heterocycles. The first kappa shape index (κ1) is 13.0. The van der Waals surface area contributed by atoms with Gasteiger partial charge in [-0.15, -0.1) is 0 Å². The van der Waals surface area contributed by atoms with Crippen LogP contribution in [0.1, 0.15) is 18.5 Å². The second-order valence-corrected chi connectivity index (χ2v) is 3.58. The van der Waals surface area contributed by atoms with E-state index >= 15 is 0 Å². The molecule has 0 aliphatic carbocycles. The van der Waals surface area contributed by atoms with Crippen LogP contribution in [0, 0.1) is 11.3 Å². The van der Waals surface area contributed by atoms with Crippen LogP contribution in [0.25, 0.3) is 0 Å². The zero-order valence-corrected chi connectivity index (χ0v) is 9.64. The Balaban J connectivity index is 2.42. The molecule has 5 nitrogen and oxygen atoms in total. The number of nitrogens with two attached hydrogens (primary N) is 1. The smallest absolute Gasteiger partial charge is 0.258 e. The van der Waals surface area contributed by atoms with Gasteiger partial charge < -0.3 is 15.8 Å². The largest absolute Gasteiger partial charge is 0.484 e. The van der Waals surface area contributed by atoms with Crippen LogP contribution in [-0.2, 0) is 4.79 Å². The molecule has 0 radical (unpaired) electrons. The lowest BCUT2D eigenvalue weighted by Gasteiger charge is -2.08. The number of ether oxygens (including phenoxy) is 1. The molecule has 0 saturated carbocycles. The van der Waals surface area contributed by atoms with E-state index < -0.39 is 0 Å². The summed E-state index contributed by atoms with van der Waals surface area (Å²) < 4.78 is 5.24. The first-order chi connectivity index (χ1) is 8.13. The van der Waals surface area contributed by atoms with Crippen LogP contribution in [0.4, 0.5) is 0 Å². The van der Waals surface area contributed by atoms with Crippen molar-refractivity contribution in [1.82, 2.24) is 5.32 Å². The number of amides is 1. The van der Waals surface area contributed by atoms with E-state index in [1.54, 1.807) is 12.1 Å². The number of carbonyl (C=O) groups excluding carboxylic acids is 1. The van der Waals surface area contributed by atoms with Crippen LogP contribution in [0.5, 0.6) is 5.75 Å². The molecular formula is C12H15N3O2. The van der Waals surface area contributed by atoms with Crippen molar-refractivity contribution in [1.29, 1.82) is 5.26 Å². The van der Waals surface area contributed by atoms with E-state index in [0.717, 1.165) is 5.56 Å². The van der Waals surface area contributed by atoms with E-state index in [2.05, 4.69) is 5.32 Å². The number of nitriles is 1. The summed E-state index contributed by atoms with van der Waals surface area (Å²) in [6, 6.07) is 9.02. The van der Waals surface area contributed by atoms with Crippen LogP contribution in [-0.4, -0.2) is 19.1 Å². The number of hydrogen-bond acceptors (Lipinski definition) is 4. The minimum atomic E-state index is -0.317. The maximum Gasteiger partial charge on any atom is 0.258 e. The Morgan fingerprint density at radius 3 is 2.71 bits per heavy atom. The van der Waals surface area contributed by atoms with E-state index in [-0.39, 0.29) is 25.1 Å². The molecule has 0 fully saturated rings. The molecule has 0 spiro atoms. The van der Waals surface area contributed by atoms with Gasteiger partial charge in [-0.25, -0.2) is 0 Å². The molecule has 1 amide bonds. The average Bonchev–Trinajstić information content (AvgIpc) is 2.34. The molecule has 3 N–H and O–H groups in total. The molecule has 1 aromatic rings. The molecule has 0 bridgehead atoms. The van der Waals surface area contributed by atoms with Gasteiger partial charge in [0.15, 0.2) is 6.61 Å². The lowest BCUT2D eigenvalue weighted by Crippen LogP contribution is -2.29. The van der Waals surface area contributed by atoms with Gasteiger partial charge in [-0.1, -0.05) is 12.1 Å². The third-order valence-electron chi connectivity index (χ3n) is 2.14. The Kier molecular flexibility index (Phi) is 4.98. The third kappa shape index (κ3) is 4.53. The fourth-order valence-corrected chi connectivity index (χ4v) is 1.21. The number of hydrogen-bond donors (Lipinski definition) is 2. The molecule has 1 rings (SSSR count). The summed E-state index contributed by atoms with van der Waals surface area (Å²) in [6.45, 7) is 1.79. The first-order valence-electron chi connectivity index (χ1n) is 5.25. The third-order valence-corrected chi connectivity index (χ3v) is 2.14. The van der Waals surface area contributed by atoms with Gasteiger partial charge in [-0.05, 0) is 24.6 Å². The molecule has 0 aliphatic heterocycles. The second-order valence-electron chi connectivity index (χ2n) is 3.58. The number of rotatable bonds is 5. The van der Waals surface area contributed by atoms with Crippen LogP contribution < -0.4 is 15.8 Å². The summed E-state index contributed by atoms with van der Waals surface area (Å²) in [4.78, 5) is 11.1. The van der Waals surface area contributed by atoms with E-state index in [1.807, 2.05) is 25.1 Å². The Hall–Kier alpha value is -2.06. The molecule has 0 saturated heterocycles. The molecule has 0 heterocycles. The van der Waals surface area contributed by atoms with E-state index in [1.165, 1.54) is 0 Å². The van der Waals surface area contributed by atoms with Crippen molar-refractivity contribution in [3.05, 3.63) is 29.8 Å². The zero-order valence-electron chi connectivity index (χ0n) is 9.64. The van der Waals surface area contributed by atoms with Gasteiger partial charge in [0.1, 0.15) is 12.3 Å². The predicted octanol–water partition coefficient (Wildman–Crippen LogP) is 0.725. The summed E-state index contributed by atoms with van der Waals surface area (Å²) in [7, 11) is 0. The highest BCUT2D eigenvalue weighted by atomic mass is 16.5. The van der Waals surface area contributed by atoms with Crippen molar-refractivity contribution < 1.29 is 9.53 Å². The monoisotopic (exact) mass is 233 g/mol. The van der Waals surface area contributed by atoms with Crippen LogP contribution in [0.3, 0.4) is 0 Å². The maximum absolute atomic E-state index is 11.1. The Labute approximate surface area is 100 Å². The summed E-state index contributed by atoms with van der Waals surface area (Å²) in [5.74, 6) is 0.282. The Morgan fingerprint density at radius 2 is 2.18 bits per heavy atom. The van der Waals surface area contributed by atoms with Crippen molar-refractivity contribution in [2.75, 3.05) is 13.2 Å². The topological polar surface area (TPSA) is 88.1 Å². The molecule has 17 heavy (non-hydrogen) atoms. The zero-order chi connectivity index (χ0) is 12.7. The van der Waals surface area contributed by atoms with Crippen molar-refractivity contribution in [2.45, 2.75) is 13.0 Å². The van der Waals surface area contributed by atoms with Crippen molar-refractivity contribution in [3.63, 3.8) is 0 Å². The van der Waals surface area contributed by atoms with Gasteiger partial charge in [0, 0.05) is 6.04 Å². The Morgan fingerprint density at radius 1 is 1.53 bits per heavy atom. The molecule has 1 atom stereocenters. The summed E-state index contributed by atoms with van der Waals surface area (Å²) >= 11 is 0. The summed E-state index contributed by atoms with van der Waals surface area (Å²) in [5.41, 5.74) is 6.71. The van der Waals surface area contributed by atoms with Crippen LogP contribution in [0.2, 0.25) is 0 Å². The minimum absolute atomic E-state index is 0.00812. The van der Waals surface area contributed by atoms with Gasteiger partial charge in [0.25, 0.3) is 5.91 Å². The lowest BCUT2D eigenvalue weighted by atomic mass is 10.1. The molecule has 0 aliphatic rings. The SMILES string of the molecule is CC(N)c1ccc(OCC(=O)NCC#N)cc1. The normalized spacial score (nSPS) is 11.4. The number of carbonyl (C=O) groups is 1.